The summed E-state index contributed by atoms with van der Waals surface area (Å²) in [6.45, 7) is 1.22. The molecule has 0 heterocycles. The topological polar surface area (TPSA) is 0 Å². The fraction of sp³-hybridized carbons (Fsp3) is 0.182. The van der Waals surface area contributed by atoms with E-state index in [-0.39, 0.29) is 6.42 Å². The predicted molar refractivity (Wildman–Crippen MR) is 96.2 cm³/mol. The summed E-state index contributed by atoms with van der Waals surface area (Å²) >= 11 is 0. The lowest BCUT2D eigenvalue weighted by Crippen LogP contribution is -2.21. The van der Waals surface area contributed by atoms with Crippen molar-refractivity contribution in [2.45, 2.75) is 19.5 Å². The molecule has 0 fully saturated rings. The molecule has 3 heteroatoms. The molecule has 0 spiro atoms. The van der Waals surface area contributed by atoms with Gasteiger partial charge in [-0.15, -0.1) is 0 Å². The van der Waals surface area contributed by atoms with Gasteiger partial charge in [-0.3, -0.25) is 0 Å². The van der Waals surface area contributed by atoms with Gasteiger partial charge in [-0.05, 0) is 34.2 Å². The van der Waals surface area contributed by atoms with Crippen LogP contribution >= 0.6 is 0 Å². The maximum Gasteiger partial charge on any atom is 0.391 e. The first-order valence-corrected chi connectivity index (χ1v) is 8.25. The van der Waals surface area contributed by atoms with Gasteiger partial charge in [-0.1, -0.05) is 85.8 Å². The van der Waals surface area contributed by atoms with E-state index in [1.165, 1.54) is 6.92 Å². The Morgan fingerprint density at radius 1 is 0.640 bits per heavy atom. The van der Waals surface area contributed by atoms with Crippen molar-refractivity contribution >= 4 is 0 Å². The number of hydrogen-bond donors (Lipinski definition) is 0. The predicted octanol–water partition coefficient (Wildman–Crippen LogP) is 6.76. The molecule has 0 aromatic heterocycles. The highest BCUT2D eigenvalue weighted by Crippen LogP contribution is 2.30. The van der Waals surface area contributed by atoms with Crippen molar-refractivity contribution < 1.29 is 13.2 Å². The van der Waals surface area contributed by atoms with E-state index in [9.17, 15) is 13.2 Å². The lowest BCUT2D eigenvalue weighted by Gasteiger charge is -2.15. The summed E-state index contributed by atoms with van der Waals surface area (Å²) in [7, 11) is 0. The van der Waals surface area contributed by atoms with Gasteiger partial charge >= 0.3 is 6.18 Å². The molecule has 3 aromatic carbocycles. The van der Waals surface area contributed by atoms with E-state index in [1.54, 1.807) is 12.1 Å². The van der Waals surface area contributed by atoms with Gasteiger partial charge in [0.2, 0.25) is 0 Å². The van der Waals surface area contributed by atoms with E-state index in [4.69, 9.17) is 0 Å². The average molecular weight is 340 g/mol. The van der Waals surface area contributed by atoms with Crippen LogP contribution in [0.4, 0.5) is 13.2 Å². The normalized spacial score (nSPS) is 12.8. The summed E-state index contributed by atoms with van der Waals surface area (Å²) in [6, 6.07) is 25.6. The van der Waals surface area contributed by atoms with Gasteiger partial charge in [-0.25, -0.2) is 0 Å². The molecule has 1 unspecified atom stereocenters. The van der Waals surface area contributed by atoms with Crippen molar-refractivity contribution in [1.82, 2.24) is 0 Å². The Labute approximate surface area is 146 Å². The molecule has 0 N–H and O–H groups in total. The van der Waals surface area contributed by atoms with Crippen molar-refractivity contribution in [2.24, 2.45) is 5.92 Å². The lowest BCUT2D eigenvalue weighted by atomic mass is 9.97. The minimum absolute atomic E-state index is 0.0106. The molecule has 0 aliphatic carbocycles. The molecular weight excluding hydrogens is 321 g/mol. The van der Waals surface area contributed by atoms with Crippen LogP contribution in [0.25, 0.3) is 22.3 Å². The highest BCUT2D eigenvalue weighted by atomic mass is 19.4. The third-order valence-electron chi connectivity index (χ3n) is 4.38. The fourth-order valence-corrected chi connectivity index (χ4v) is 2.79. The second kappa shape index (κ2) is 7.14. The van der Waals surface area contributed by atoms with Crippen LogP contribution in [0.5, 0.6) is 0 Å². The first kappa shape index (κ1) is 17.3. The van der Waals surface area contributed by atoms with Crippen molar-refractivity contribution in [3.63, 3.8) is 0 Å². The monoisotopic (exact) mass is 340 g/mol. The maximum atomic E-state index is 12.7. The summed E-state index contributed by atoms with van der Waals surface area (Å²) in [6.07, 6.45) is -4.14. The zero-order valence-electron chi connectivity index (χ0n) is 13.9. The molecule has 0 nitrogen and oxygen atoms in total. The second-order valence-electron chi connectivity index (χ2n) is 6.29. The molecule has 0 aliphatic rings. The Morgan fingerprint density at radius 3 is 1.48 bits per heavy atom. The van der Waals surface area contributed by atoms with E-state index in [0.29, 0.717) is 5.56 Å². The molecule has 0 saturated heterocycles. The van der Waals surface area contributed by atoms with Gasteiger partial charge < -0.3 is 0 Å². The summed E-state index contributed by atoms with van der Waals surface area (Å²) in [4.78, 5) is 0. The standard InChI is InChI=1S/C22H19F3/c1-16(22(23,24)25)15-17-7-9-19(10-8-17)21-13-11-20(12-14-21)18-5-3-2-4-6-18/h2-14,16H,15H2,1H3. The van der Waals surface area contributed by atoms with Gasteiger partial charge in [0, 0.05) is 0 Å². The summed E-state index contributed by atoms with van der Waals surface area (Å²) in [5.41, 5.74) is 5.05. The van der Waals surface area contributed by atoms with Crippen LogP contribution in [-0.2, 0) is 6.42 Å². The minimum Gasteiger partial charge on any atom is -0.171 e. The fourth-order valence-electron chi connectivity index (χ4n) is 2.79. The van der Waals surface area contributed by atoms with Crippen LogP contribution in [0.15, 0.2) is 78.9 Å². The molecule has 1 atom stereocenters. The number of alkyl halides is 3. The van der Waals surface area contributed by atoms with E-state index in [2.05, 4.69) is 24.3 Å². The van der Waals surface area contributed by atoms with Gasteiger partial charge in [0.25, 0.3) is 0 Å². The Morgan fingerprint density at radius 2 is 1.04 bits per heavy atom. The van der Waals surface area contributed by atoms with Gasteiger partial charge in [0.1, 0.15) is 0 Å². The van der Waals surface area contributed by atoms with Crippen LogP contribution in [0.3, 0.4) is 0 Å². The second-order valence-corrected chi connectivity index (χ2v) is 6.29. The number of hydrogen-bond acceptors (Lipinski definition) is 0. The van der Waals surface area contributed by atoms with Gasteiger partial charge in [0.15, 0.2) is 0 Å². The summed E-state index contributed by atoms with van der Waals surface area (Å²) in [5.74, 6) is -1.33. The maximum absolute atomic E-state index is 12.7. The van der Waals surface area contributed by atoms with Crippen molar-refractivity contribution in [3.8, 4) is 22.3 Å². The molecule has 0 amide bonds. The molecule has 25 heavy (non-hydrogen) atoms. The van der Waals surface area contributed by atoms with E-state index < -0.39 is 12.1 Å². The van der Waals surface area contributed by atoms with E-state index in [0.717, 1.165) is 22.3 Å². The van der Waals surface area contributed by atoms with E-state index >= 15 is 0 Å². The zero-order chi connectivity index (χ0) is 17.9. The minimum atomic E-state index is -4.15. The Bertz CT molecular complexity index is 801. The van der Waals surface area contributed by atoms with Crippen LogP contribution in [0, 0.1) is 5.92 Å². The number of halogens is 3. The van der Waals surface area contributed by atoms with Gasteiger partial charge in [0.05, 0.1) is 5.92 Å². The Hall–Kier alpha value is -2.55. The third kappa shape index (κ3) is 4.30. The molecule has 0 aliphatic heterocycles. The summed E-state index contributed by atoms with van der Waals surface area (Å²) in [5, 5.41) is 0. The average Bonchev–Trinajstić information content (AvgIpc) is 2.62. The molecule has 0 saturated carbocycles. The van der Waals surface area contributed by atoms with Crippen molar-refractivity contribution in [3.05, 3.63) is 84.4 Å². The SMILES string of the molecule is CC(Cc1ccc(-c2ccc(-c3ccccc3)cc2)cc1)C(F)(F)F. The largest absolute Gasteiger partial charge is 0.391 e. The quantitative estimate of drug-likeness (QED) is 0.492. The van der Waals surface area contributed by atoms with E-state index in [1.807, 2.05) is 42.5 Å². The lowest BCUT2D eigenvalue weighted by molar-refractivity contribution is -0.169. The number of rotatable bonds is 4. The smallest absolute Gasteiger partial charge is 0.171 e. The van der Waals surface area contributed by atoms with Crippen LogP contribution in [0.2, 0.25) is 0 Å². The third-order valence-corrected chi connectivity index (χ3v) is 4.38. The highest BCUT2D eigenvalue weighted by Gasteiger charge is 2.35. The Kier molecular flexibility index (Phi) is 4.93. The molecule has 3 aromatic rings. The van der Waals surface area contributed by atoms with Crippen LogP contribution in [0.1, 0.15) is 12.5 Å². The molecule has 128 valence electrons. The molecule has 0 bridgehead atoms. The van der Waals surface area contributed by atoms with Gasteiger partial charge in [-0.2, -0.15) is 13.2 Å². The Balaban J connectivity index is 1.74. The van der Waals surface area contributed by atoms with Crippen LogP contribution < -0.4 is 0 Å². The first-order chi connectivity index (χ1) is 11.9. The molecular formula is C22H19F3. The van der Waals surface area contributed by atoms with Crippen molar-refractivity contribution in [2.75, 3.05) is 0 Å². The highest BCUT2D eigenvalue weighted by molar-refractivity contribution is 5.70. The molecule has 3 rings (SSSR count). The van der Waals surface area contributed by atoms with Crippen LogP contribution in [-0.4, -0.2) is 6.18 Å². The summed E-state index contributed by atoms with van der Waals surface area (Å²) < 4.78 is 38.0. The molecule has 0 radical (unpaired) electrons. The zero-order valence-corrected chi connectivity index (χ0v) is 13.9. The number of benzene rings is 3. The van der Waals surface area contributed by atoms with Crippen molar-refractivity contribution in [1.29, 1.82) is 0 Å². The first-order valence-electron chi connectivity index (χ1n) is 8.25.